The van der Waals surface area contributed by atoms with Gasteiger partial charge in [0.05, 0.1) is 4.90 Å². The van der Waals surface area contributed by atoms with E-state index in [1.807, 2.05) is 17.9 Å². The Bertz CT molecular complexity index is 997. The standard InChI is InChI=1S/C23H31N3O3S/c1-18-5-4-6-21(15-18)17-25-11-13-26(14-12-25)23(27)9-10-24-30(28,29)22-16-19(2)7-8-20(22)3/h4-8,15-16,24H,9-14,17H2,1-3H3. The Morgan fingerprint density at radius 1 is 0.967 bits per heavy atom. The van der Waals surface area contributed by atoms with Crippen molar-refractivity contribution in [1.82, 2.24) is 14.5 Å². The van der Waals surface area contributed by atoms with Crippen molar-refractivity contribution in [3.05, 3.63) is 64.7 Å². The highest BCUT2D eigenvalue weighted by Crippen LogP contribution is 2.16. The van der Waals surface area contributed by atoms with E-state index in [4.69, 9.17) is 0 Å². The minimum absolute atomic E-state index is 0.00568. The lowest BCUT2D eigenvalue weighted by atomic mass is 10.1. The highest BCUT2D eigenvalue weighted by atomic mass is 32.2. The predicted octanol–water partition coefficient (Wildman–Crippen LogP) is 2.62. The van der Waals surface area contributed by atoms with Gasteiger partial charge in [-0.15, -0.1) is 0 Å². The van der Waals surface area contributed by atoms with Gasteiger partial charge in [0.25, 0.3) is 0 Å². The summed E-state index contributed by atoms with van der Waals surface area (Å²) in [5, 5.41) is 0. The number of hydrogen-bond acceptors (Lipinski definition) is 4. The molecule has 1 fully saturated rings. The van der Waals surface area contributed by atoms with Crippen LogP contribution in [0, 0.1) is 20.8 Å². The highest BCUT2D eigenvalue weighted by Gasteiger charge is 2.22. The Kier molecular flexibility index (Phi) is 7.28. The van der Waals surface area contributed by atoms with Crippen molar-refractivity contribution < 1.29 is 13.2 Å². The zero-order valence-electron chi connectivity index (χ0n) is 18.0. The fourth-order valence-electron chi connectivity index (χ4n) is 3.75. The van der Waals surface area contributed by atoms with E-state index >= 15 is 0 Å². The first-order valence-electron chi connectivity index (χ1n) is 10.4. The number of sulfonamides is 1. The fraction of sp³-hybridized carbons (Fsp3) is 0.435. The van der Waals surface area contributed by atoms with Crippen LogP contribution in [0.25, 0.3) is 0 Å². The van der Waals surface area contributed by atoms with Crippen molar-refractivity contribution in [2.24, 2.45) is 0 Å². The molecule has 0 saturated carbocycles. The van der Waals surface area contributed by atoms with Gasteiger partial charge in [0.1, 0.15) is 0 Å². The second kappa shape index (κ2) is 9.73. The van der Waals surface area contributed by atoms with Gasteiger partial charge in [0.15, 0.2) is 0 Å². The van der Waals surface area contributed by atoms with Crippen LogP contribution in [0.4, 0.5) is 0 Å². The lowest BCUT2D eigenvalue weighted by Crippen LogP contribution is -2.48. The van der Waals surface area contributed by atoms with Crippen molar-refractivity contribution >= 4 is 15.9 Å². The molecule has 0 atom stereocenters. The average Bonchev–Trinajstić information content (AvgIpc) is 2.70. The number of rotatable bonds is 7. The number of benzene rings is 2. The average molecular weight is 430 g/mol. The third kappa shape index (κ3) is 5.90. The van der Waals surface area contributed by atoms with Gasteiger partial charge in [0.2, 0.25) is 15.9 Å². The van der Waals surface area contributed by atoms with Crippen LogP contribution < -0.4 is 4.72 Å². The van der Waals surface area contributed by atoms with Crippen LogP contribution >= 0.6 is 0 Å². The molecule has 2 aromatic rings. The van der Waals surface area contributed by atoms with Crippen LogP contribution in [0.15, 0.2) is 47.4 Å². The molecular formula is C23H31N3O3S. The van der Waals surface area contributed by atoms with Gasteiger partial charge in [-0.3, -0.25) is 9.69 Å². The van der Waals surface area contributed by atoms with E-state index in [9.17, 15) is 13.2 Å². The van der Waals surface area contributed by atoms with Gasteiger partial charge in [0, 0.05) is 45.7 Å². The normalized spacial score (nSPS) is 15.4. The first-order valence-corrected chi connectivity index (χ1v) is 11.9. The summed E-state index contributed by atoms with van der Waals surface area (Å²) in [4.78, 5) is 17.0. The van der Waals surface area contributed by atoms with Crippen molar-refractivity contribution in [2.75, 3.05) is 32.7 Å². The summed E-state index contributed by atoms with van der Waals surface area (Å²) >= 11 is 0. The van der Waals surface area contributed by atoms with Crippen molar-refractivity contribution in [2.45, 2.75) is 38.6 Å². The quantitative estimate of drug-likeness (QED) is 0.735. The third-order valence-corrected chi connectivity index (χ3v) is 7.08. The molecule has 1 N–H and O–H groups in total. The summed E-state index contributed by atoms with van der Waals surface area (Å²) in [5.41, 5.74) is 4.13. The van der Waals surface area contributed by atoms with Crippen LogP contribution in [0.2, 0.25) is 0 Å². The van der Waals surface area contributed by atoms with Crippen LogP contribution in [0.1, 0.15) is 28.7 Å². The molecule has 162 valence electrons. The molecule has 2 aromatic carbocycles. The maximum atomic E-state index is 12.6. The van der Waals surface area contributed by atoms with Gasteiger partial charge >= 0.3 is 0 Å². The number of nitrogens with one attached hydrogen (secondary N) is 1. The molecule has 0 aromatic heterocycles. The van der Waals surface area contributed by atoms with Crippen LogP contribution in [0.3, 0.4) is 0 Å². The first-order chi connectivity index (χ1) is 14.2. The number of amides is 1. The summed E-state index contributed by atoms with van der Waals surface area (Å²) in [6.07, 6.45) is 0.169. The summed E-state index contributed by atoms with van der Waals surface area (Å²) in [5.74, 6) is -0.00568. The van der Waals surface area contributed by atoms with E-state index in [1.165, 1.54) is 11.1 Å². The van der Waals surface area contributed by atoms with Gasteiger partial charge in [-0.25, -0.2) is 13.1 Å². The largest absolute Gasteiger partial charge is 0.340 e. The van der Waals surface area contributed by atoms with E-state index < -0.39 is 10.0 Å². The van der Waals surface area contributed by atoms with Gasteiger partial charge in [-0.2, -0.15) is 0 Å². The van der Waals surface area contributed by atoms with Crippen LogP contribution in [-0.2, 0) is 21.4 Å². The lowest BCUT2D eigenvalue weighted by molar-refractivity contribution is -0.132. The first kappa shape index (κ1) is 22.5. The number of nitrogens with zero attached hydrogens (tertiary/aromatic N) is 2. The third-order valence-electron chi connectivity index (χ3n) is 5.48. The number of carbonyl (C=O) groups excluding carboxylic acids is 1. The zero-order chi connectivity index (χ0) is 21.7. The minimum atomic E-state index is -3.62. The second-order valence-electron chi connectivity index (χ2n) is 8.06. The molecular weight excluding hydrogens is 398 g/mol. The van der Waals surface area contributed by atoms with Crippen LogP contribution in [0.5, 0.6) is 0 Å². The molecule has 1 amide bonds. The van der Waals surface area contributed by atoms with E-state index in [2.05, 4.69) is 40.8 Å². The molecule has 0 radical (unpaired) electrons. The predicted molar refractivity (Wildman–Crippen MR) is 119 cm³/mol. The monoisotopic (exact) mass is 429 g/mol. The topological polar surface area (TPSA) is 69.7 Å². The molecule has 3 rings (SSSR count). The van der Waals surface area contributed by atoms with Gasteiger partial charge in [-0.1, -0.05) is 42.0 Å². The fourth-order valence-corrected chi connectivity index (χ4v) is 5.11. The Labute approximate surface area is 179 Å². The van der Waals surface area contributed by atoms with E-state index in [0.717, 1.165) is 25.2 Å². The summed E-state index contributed by atoms with van der Waals surface area (Å²) in [6.45, 7) is 9.73. The molecule has 1 aliphatic heterocycles. The Morgan fingerprint density at radius 2 is 1.67 bits per heavy atom. The molecule has 7 heteroatoms. The second-order valence-corrected chi connectivity index (χ2v) is 9.80. The maximum Gasteiger partial charge on any atom is 0.240 e. The molecule has 0 spiro atoms. The van der Waals surface area contributed by atoms with Crippen molar-refractivity contribution in [3.63, 3.8) is 0 Å². The molecule has 6 nitrogen and oxygen atoms in total. The Morgan fingerprint density at radius 3 is 2.37 bits per heavy atom. The molecule has 0 unspecified atom stereocenters. The summed E-state index contributed by atoms with van der Waals surface area (Å²) in [7, 11) is -3.62. The molecule has 1 heterocycles. The molecule has 1 aliphatic rings. The molecule has 0 bridgehead atoms. The van der Waals surface area contributed by atoms with Crippen LogP contribution in [-0.4, -0.2) is 56.8 Å². The number of aryl methyl sites for hydroxylation is 3. The molecule has 1 saturated heterocycles. The lowest BCUT2D eigenvalue weighted by Gasteiger charge is -2.35. The van der Waals surface area contributed by atoms with Crippen molar-refractivity contribution in [3.8, 4) is 0 Å². The summed E-state index contributed by atoms with van der Waals surface area (Å²) < 4.78 is 27.7. The molecule has 30 heavy (non-hydrogen) atoms. The van der Waals surface area contributed by atoms with E-state index in [1.54, 1.807) is 19.1 Å². The number of hydrogen-bond donors (Lipinski definition) is 1. The Balaban J connectivity index is 1.45. The zero-order valence-corrected chi connectivity index (χ0v) is 18.8. The maximum absolute atomic E-state index is 12.6. The molecule has 0 aliphatic carbocycles. The van der Waals surface area contributed by atoms with Crippen molar-refractivity contribution in [1.29, 1.82) is 0 Å². The smallest absolute Gasteiger partial charge is 0.240 e. The van der Waals surface area contributed by atoms with E-state index in [-0.39, 0.29) is 23.8 Å². The van der Waals surface area contributed by atoms with Gasteiger partial charge in [-0.05, 0) is 43.5 Å². The minimum Gasteiger partial charge on any atom is -0.340 e. The SMILES string of the molecule is Cc1cccc(CN2CCN(C(=O)CCNS(=O)(=O)c3cc(C)ccc3C)CC2)c1. The van der Waals surface area contributed by atoms with Gasteiger partial charge < -0.3 is 4.90 Å². The number of carbonyl (C=O) groups is 1. The van der Waals surface area contributed by atoms with E-state index in [0.29, 0.717) is 18.7 Å². The Hall–Kier alpha value is -2.22. The summed E-state index contributed by atoms with van der Waals surface area (Å²) in [6, 6.07) is 13.8. The number of piperazine rings is 1. The highest BCUT2D eigenvalue weighted by molar-refractivity contribution is 7.89.